The van der Waals surface area contributed by atoms with Crippen molar-refractivity contribution in [1.29, 1.82) is 0 Å². The molecule has 1 aliphatic rings. The number of primary amides is 1. The molecule has 4 nitrogen and oxygen atoms in total. The first-order chi connectivity index (χ1) is 5.96. The lowest BCUT2D eigenvalue weighted by Crippen LogP contribution is -2.43. The molecule has 0 aromatic heterocycles. The van der Waals surface area contributed by atoms with Gasteiger partial charge in [-0.25, -0.2) is 0 Å². The molecule has 0 spiro atoms. The van der Waals surface area contributed by atoms with Crippen molar-refractivity contribution in [1.82, 2.24) is 5.32 Å². The Hall–Kier alpha value is -0.610. The number of aliphatic hydroxyl groups excluding tert-OH is 1. The van der Waals surface area contributed by atoms with Crippen molar-refractivity contribution in [3.05, 3.63) is 0 Å². The van der Waals surface area contributed by atoms with Crippen molar-refractivity contribution >= 4 is 5.91 Å². The summed E-state index contributed by atoms with van der Waals surface area (Å²) < 4.78 is 0. The van der Waals surface area contributed by atoms with E-state index in [0.29, 0.717) is 11.5 Å². The Morgan fingerprint density at radius 2 is 2.23 bits per heavy atom. The highest BCUT2D eigenvalue weighted by Gasteiger charge is 2.42. The maximum Gasteiger partial charge on any atom is 0.247 e. The van der Waals surface area contributed by atoms with Crippen LogP contribution in [-0.4, -0.2) is 29.7 Å². The number of amides is 1. The van der Waals surface area contributed by atoms with Gasteiger partial charge in [0.15, 0.2) is 0 Å². The van der Waals surface area contributed by atoms with Gasteiger partial charge in [0, 0.05) is 12.6 Å². The summed E-state index contributed by atoms with van der Waals surface area (Å²) in [4.78, 5) is 10.5. The van der Waals surface area contributed by atoms with E-state index in [0.717, 1.165) is 0 Å². The van der Waals surface area contributed by atoms with Crippen LogP contribution >= 0.6 is 0 Å². The van der Waals surface area contributed by atoms with E-state index in [1.807, 2.05) is 0 Å². The number of carbonyl (C=O) groups is 1. The first-order valence-electron chi connectivity index (χ1n) is 4.66. The molecule has 4 N–H and O–H groups in total. The third-order valence-corrected chi connectivity index (χ3v) is 3.03. The summed E-state index contributed by atoms with van der Waals surface area (Å²) in [6.07, 6.45) is 1.37. The first kappa shape index (κ1) is 10.5. The lowest BCUT2D eigenvalue weighted by Gasteiger charge is -2.21. The van der Waals surface area contributed by atoms with Crippen molar-refractivity contribution in [2.75, 3.05) is 6.54 Å². The van der Waals surface area contributed by atoms with Gasteiger partial charge in [0.05, 0.1) is 0 Å². The Kier molecular flexibility index (Phi) is 2.93. The molecule has 76 valence electrons. The van der Waals surface area contributed by atoms with E-state index in [1.54, 1.807) is 0 Å². The van der Waals surface area contributed by atoms with Crippen LogP contribution in [0.4, 0.5) is 0 Å². The highest BCUT2D eigenvalue weighted by Crippen LogP contribution is 2.47. The standard InChI is InChI=1S/C9H18N2O2/c1-6(9(2)3-4-9)11-5-7(12)8(10)13/h6-7,11-12H,3-5H2,1-2H3,(H2,10,13). The Labute approximate surface area is 78.5 Å². The van der Waals surface area contributed by atoms with Crippen LogP contribution in [0.2, 0.25) is 0 Å². The summed E-state index contributed by atoms with van der Waals surface area (Å²) in [5.41, 5.74) is 5.28. The maximum atomic E-state index is 10.5. The molecule has 0 aromatic rings. The number of nitrogens with one attached hydrogen (secondary N) is 1. The van der Waals surface area contributed by atoms with Crippen LogP contribution in [-0.2, 0) is 4.79 Å². The molecule has 0 radical (unpaired) electrons. The smallest absolute Gasteiger partial charge is 0.247 e. The summed E-state index contributed by atoms with van der Waals surface area (Å²) in [6.45, 7) is 4.52. The number of carbonyl (C=O) groups excluding carboxylic acids is 1. The van der Waals surface area contributed by atoms with Gasteiger partial charge in [-0.3, -0.25) is 4.79 Å². The van der Waals surface area contributed by atoms with Crippen LogP contribution in [0.25, 0.3) is 0 Å². The lowest BCUT2D eigenvalue weighted by molar-refractivity contribution is -0.125. The van der Waals surface area contributed by atoms with Crippen LogP contribution in [0, 0.1) is 5.41 Å². The molecule has 2 atom stereocenters. The van der Waals surface area contributed by atoms with E-state index in [1.165, 1.54) is 12.8 Å². The second kappa shape index (κ2) is 3.64. The molecule has 0 bridgehead atoms. The van der Waals surface area contributed by atoms with Gasteiger partial charge in [-0.1, -0.05) is 6.92 Å². The normalized spacial score (nSPS) is 23.6. The van der Waals surface area contributed by atoms with Gasteiger partial charge in [-0.15, -0.1) is 0 Å². The molecular formula is C9H18N2O2. The second-order valence-corrected chi connectivity index (χ2v) is 4.20. The van der Waals surface area contributed by atoms with Gasteiger partial charge in [-0.2, -0.15) is 0 Å². The number of hydrogen-bond acceptors (Lipinski definition) is 3. The van der Waals surface area contributed by atoms with Crippen molar-refractivity contribution in [3.8, 4) is 0 Å². The van der Waals surface area contributed by atoms with E-state index in [9.17, 15) is 4.79 Å². The van der Waals surface area contributed by atoms with E-state index in [2.05, 4.69) is 19.2 Å². The Morgan fingerprint density at radius 1 is 1.69 bits per heavy atom. The van der Waals surface area contributed by atoms with Crippen LogP contribution in [0.3, 0.4) is 0 Å². The minimum absolute atomic E-state index is 0.256. The maximum absolute atomic E-state index is 10.5. The van der Waals surface area contributed by atoms with Crippen LogP contribution in [0.15, 0.2) is 0 Å². The van der Waals surface area contributed by atoms with Crippen molar-refractivity contribution in [3.63, 3.8) is 0 Å². The van der Waals surface area contributed by atoms with Crippen molar-refractivity contribution < 1.29 is 9.90 Å². The largest absolute Gasteiger partial charge is 0.382 e. The van der Waals surface area contributed by atoms with Gasteiger partial charge in [-0.05, 0) is 25.2 Å². The Balaban J connectivity index is 2.22. The highest BCUT2D eigenvalue weighted by molar-refractivity contribution is 5.78. The summed E-state index contributed by atoms with van der Waals surface area (Å²) in [7, 11) is 0. The fraction of sp³-hybridized carbons (Fsp3) is 0.889. The molecule has 0 aliphatic heterocycles. The van der Waals surface area contributed by atoms with Crippen LogP contribution < -0.4 is 11.1 Å². The number of hydrogen-bond donors (Lipinski definition) is 3. The van der Waals surface area contributed by atoms with E-state index in [4.69, 9.17) is 10.8 Å². The predicted molar refractivity (Wildman–Crippen MR) is 50.0 cm³/mol. The minimum atomic E-state index is -1.07. The van der Waals surface area contributed by atoms with Gasteiger partial charge >= 0.3 is 0 Å². The topological polar surface area (TPSA) is 75.3 Å². The molecule has 1 saturated carbocycles. The fourth-order valence-corrected chi connectivity index (χ4v) is 1.27. The van der Waals surface area contributed by atoms with Gasteiger partial charge in [0.25, 0.3) is 0 Å². The monoisotopic (exact) mass is 186 g/mol. The highest BCUT2D eigenvalue weighted by atomic mass is 16.3. The number of aliphatic hydroxyl groups is 1. The van der Waals surface area contributed by atoms with E-state index >= 15 is 0 Å². The zero-order valence-corrected chi connectivity index (χ0v) is 8.21. The van der Waals surface area contributed by atoms with Crippen molar-refractivity contribution in [2.24, 2.45) is 11.1 Å². The van der Waals surface area contributed by atoms with E-state index < -0.39 is 12.0 Å². The zero-order valence-electron chi connectivity index (χ0n) is 8.21. The molecule has 2 unspecified atom stereocenters. The summed E-state index contributed by atoms with van der Waals surface area (Å²) in [5, 5.41) is 12.2. The Morgan fingerprint density at radius 3 is 2.62 bits per heavy atom. The average Bonchev–Trinajstić information content (AvgIpc) is 2.79. The number of nitrogens with two attached hydrogens (primary N) is 1. The average molecular weight is 186 g/mol. The molecule has 13 heavy (non-hydrogen) atoms. The Bertz CT molecular complexity index is 202. The minimum Gasteiger partial charge on any atom is -0.382 e. The molecule has 1 amide bonds. The second-order valence-electron chi connectivity index (χ2n) is 4.20. The molecule has 0 saturated heterocycles. The molecule has 4 heteroatoms. The molecule has 0 heterocycles. The van der Waals surface area contributed by atoms with Gasteiger partial charge in [0.1, 0.15) is 6.10 Å². The van der Waals surface area contributed by atoms with Gasteiger partial charge < -0.3 is 16.2 Å². The number of rotatable bonds is 5. The predicted octanol–water partition coefficient (Wildman–Crippen LogP) is -0.389. The van der Waals surface area contributed by atoms with Gasteiger partial charge in [0.2, 0.25) is 5.91 Å². The molecular weight excluding hydrogens is 168 g/mol. The SMILES string of the molecule is CC(NCC(O)C(N)=O)C1(C)CC1. The summed E-state index contributed by atoms with van der Waals surface area (Å²) in [5.74, 6) is -0.666. The third kappa shape index (κ3) is 2.67. The van der Waals surface area contributed by atoms with E-state index in [-0.39, 0.29) is 6.54 Å². The lowest BCUT2D eigenvalue weighted by atomic mass is 10.0. The quantitative estimate of drug-likeness (QED) is 0.547. The van der Waals surface area contributed by atoms with Crippen molar-refractivity contribution in [2.45, 2.75) is 38.8 Å². The van der Waals surface area contributed by atoms with Crippen LogP contribution in [0.5, 0.6) is 0 Å². The van der Waals surface area contributed by atoms with Crippen LogP contribution in [0.1, 0.15) is 26.7 Å². The summed E-state index contributed by atoms with van der Waals surface area (Å²) in [6, 6.07) is 0.335. The molecule has 1 rings (SSSR count). The first-order valence-corrected chi connectivity index (χ1v) is 4.66. The fourth-order valence-electron chi connectivity index (χ4n) is 1.27. The molecule has 1 fully saturated rings. The zero-order chi connectivity index (χ0) is 10.1. The third-order valence-electron chi connectivity index (χ3n) is 3.03. The molecule has 0 aromatic carbocycles. The summed E-state index contributed by atoms with van der Waals surface area (Å²) >= 11 is 0. The molecule has 1 aliphatic carbocycles.